The van der Waals surface area contributed by atoms with Crippen LogP contribution in [0.15, 0.2) is 89.1 Å². The van der Waals surface area contributed by atoms with Gasteiger partial charge in [0.15, 0.2) is 5.13 Å². The number of nitrogens with one attached hydrogen (secondary N) is 1. The van der Waals surface area contributed by atoms with E-state index in [2.05, 4.69) is 46.7 Å². The standard InChI is InChI=1S/C26H24N2O2S2/c1-30-22-13-15-23(16-14-22)31-17-5-8-25(29)28-26-27-24(18-32-26)21-11-9-20(10-12-21)19-6-3-2-4-7-19/h2-4,6-7,9-16,18H,5,8,17H2,1H3,(H,27,28,29). The molecule has 0 saturated carbocycles. The summed E-state index contributed by atoms with van der Waals surface area (Å²) in [5, 5.41) is 5.54. The van der Waals surface area contributed by atoms with Crippen LogP contribution < -0.4 is 10.1 Å². The highest BCUT2D eigenvalue weighted by molar-refractivity contribution is 7.99. The molecular weight excluding hydrogens is 436 g/mol. The van der Waals surface area contributed by atoms with Gasteiger partial charge in [0.2, 0.25) is 5.91 Å². The largest absolute Gasteiger partial charge is 0.497 e. The third kappa shape index (κ3) is 5.99. The molecule has 1 amide bonds. The van der Waals surface area contributed by atoms with E-state index in [1.165, 1.54) is 27.4 Å². The molecule has 1 N–H and O–H groups in total. The Balaban J connectivity index is 1.25. The SMILES string of the molecule is COc1ccc(SCCCC(=O)Nc2nc(-c3ccc(-c4ccccc4)cc3)cs2)cc1. The van der Waals surface area contributed by atoms with Crippen molar-refractivity contribution in [2.24, 2.45) is 0 Å². The van der Waals surface area contributed by atoms with Crippen molar-refractivity contribution >= 4 is 34.1 Å². The van der Waals surface area contributed by atoms with Gasteiger partial charge in [-0.15, -0.1) is 23.1 Å². The first-order valence-corrected chi connectivity index (χ1v) is 12.3. The van der Waals surface area contributed by atoms with Gasteiger partial charge < -0.3 is 10.1 Å². The number of nitrogens with zero attached hydrogens (tertiary/aromatic N) is 1. The summed E-state index contributed by atoms with van der Waals surface area (Å²) in [6.07, 6.45) is 1.28. The van der Waals surface area contributed by atoms with E-state index in [0.29, 0.717) is 11.6 Å². The first kappa shape index (κ1) is 22.1. The van der Waals surface area contributed by atoms with E-state index < -0.39 is 0 Å². The van der Waals surface area contributed by atoms with E-state index in [9.17, 15) is 4.79 Å². The Labute approximate surface area is 196 Å². The van der Waals surface area contributed by atoms with E-state index in [4.69, 9.17) is 4.74 Å². The number of benzene rings is 3. The van der Waals surface area contributed by atoms with Crippen molar-refractivity contribution in [1.29, 1.82) is 0 Å². The Morgan fingerprint density at radius 1 is 0.938 bits per heavy atom. The summed E-state index contributed by atoms with van der Waals surface area (Å²) in [5.41, 5.74) is 4.28. The average molecular weight is 461 g/mol. The van der Waals surface area contributed by atoms with Crippen LogP contribution >= 0.6 is 23.1 Å². The monoisotopic (exact) mass is 460 g/mol. The van der Waals surface area contributed by atoms with Crippen LogP contribution in [0.25, 0.3) is 22.4 Å². The average Bonchev–Trinajstić information content (AvgIpc) is 3.31. The molecule has 162 valence electrons. The summed E-state index contributed by atoms with van der Waals surface area (Å²) in [4.78, 5) is 18.0. The minimum atomic E-state index is 0.000608. The molecule has 0 bridgehead atoms. The number of anilines is 1. The molecule has 0 saturated heterocycles. The number of hydrogen-bond acceptors (Lipinski definition) is 5. The minimum absolute atomic E-state index is 0.000608. The van der Waals surface area contributed by atoms with Crippen LogP contribution in [0.4, 0.5) is 5.13 Å². The van der Waals surface area contributed by atoms with Gasteiger partial charge in [-0.1, -0.05) is 54.6 Å². The molecule has 1 aromatic heterocycles. The Kier molecular flexibility index (Phi) is 7.59. The summed E-state index contributed by atoms with van der Waals surface area (Å²) in [5.74, 6) is 1.74. The molecule has 6 heteroatoms. The second kappa shape index (κ2) is 11.0. The maximum Gasteiger partial charge on any atom is 0.226 e. The third-order valence-electron chi connectivity index (χ3n) is 4.91. The van der Waals surface area contributed by atoms with Gasteiger partial charge in [0.1, 0.15) is 5.75 Å². The molecule has 0 fully saturated rings. The molecule has 32 heavy (non-hydrogen) atoms. The van der Waals surface area contributed by atoms with Gasteiger partial charge in [0, 0.05) is 22.3 Å². The van der Waals surface area contributed by atoms with Crippen LogP contribution in [0.1, 0.15) is 12.8 Å². The number of aromatic nitrogens is 1. The van der Waals surface area contributed by atoms with Crippen LogP contribution in [0.3, 0.4) is 0 Å². The molecule has 0 spiro atoms. The van der Waals surface area contributed by atoms with Crippen molar-refractivity contribution in [1.82, 2.24) is 4.98 Å². The van der Waals surface area contributed by atoms with Gasteiger partial charge >= 0.3 is 0 Å². The zero-order valence-electron chi connectivity index (χ0n) is 17.8. The van der Waals surface area contributed by atoms with Crippen LogP contribution in [-0.4, -0.2) is 23.8 Å². The first-order valence-electron chi connectivity index (χ1n) is 10.4. The Morgan fingerprint density at radius 2 is 1.62 bits per heavy atom. The number of amides is 1. The van der Waals surface area contributed by atoms with E-state index >= 15 is 0 Å². The topological polar surface area (TPSA) is 51.2 Å². The number of carbonyl (C=O) groups is 1. The predicted octanol–water partition coefficient (Wildman–Crippen LogP) is 7.00. The number of thiazole rings is 1. The number of methoxy groups -OCH3 is 1. The van der Waals surface area contributed by atoms with Gasteiger partial charge in [-0.3, -0.25) is 4.79 Å². The van der Waals surface area contributed by atoms with Crippen molar-refractivity contribution in [3.8, 4) is 28.1 Å². The summed E-state index contributed by atoms with van der Waals surface area (Å²) in [6, 6.07) is 26.6. The number of rotatable bonds is 9. The fraction of sp³-hybridized carbons (Fsp3) is 0.154. The van der Waals surface area contributed by atoms with Gasteiger partial charge in [-0.2, -0.15) is 0 Å². The molecule has 0 radical (unpaired) electrons. The lowest BCUT2D eigenvalue weighted by atomic mass is 10.0. The summed E-state index contributed by atoms with van der Waals surface area (Å²) in [6.45, 7) is 0. The van der Waals surface area contributed by atoms with Crippen molar-refractivity contribution in [2.45, 2.75) is 17.7 Å². The molecular formula is C26H24N2O2S2. The Morgan fingerprint density at radius 3 is 2.34 bits per heavy atom. The molecule has 0 aliphatic heterocycles. The molecule has 3 aromatic carbocycles. The highest BCUT2D eigenvalue weighted by Gasteiger charge is 2.09. The molecule has 4 aromatic rings. The van der Waals surface area contributed by atoms with Gasteiger partial charge in [-0.05, 0) is 47.6 Å². The maximum absolute atomic E-state index is 12.3. The van der Waals surface area contributed by atoms with Gasteiger partial charge in [0.25, 0.3) is 0 Å². The molecule has 4 nitrogen and oxygen atoms in total. The smallest absolute Gasteiger partial charge is 0.226 e. The van der Waals surface area contributed by atoms with Crippen LogP contribution in [0, 0.1) is 0 Å². The fourth-order valence-electron chi connectivity index (χ4n) is 3.20. The van der Waals surface area contributed by atoms with Crippen molar-refractivity contribution in [3.05, 3.63) is 84.2 Å². The highest BCUT2D eigenvalue weighted by Crippen LogP contribution is 2.28. The zero-order chi connectivity index (χ0) is 22.2. The second-order valence-electron chi connectivity index (χ2n) is 7.16. The summed E-state index contributed by atoms with van der Waals surface area (Å²) < 4.78 is 5.17. The van der Waals surface area contributed by atoms with E-state index in [1.54, 1.807) is 18.9 Å². The van der Waals surface area contributed by atoms with Crippen molar-refractivity contribution < 1.29 is 9.53 Å². The van der Waals surface area contributed by atoms with Gasteiger partial charge in [0.05, 0.1) is 12.8 Å². The summed E-state index contributed by atoms with van der Waals surface area (Å²) >= 11 is 3.19. The van der Waals surface area contributed by atoms with E-state index in [0.717, 1.165) is 29.2 Å². The molecule has 0 unspecified atom stereocenters. The third-order valence-corrected chi connectivity index (χ3v) is 6.77. The molecule has 0 aliphatic carbocycles. The van der Waals surface area contributed by atoms with E-state index in [1.807, 2.05) is 47.8 Å². The quantitative estimate of drug-likeness (QED) is 0.216. The number of hydrogen-bond donors (Lipinski definition) is 1. The number of thioether (sulfide) groups is 1. The molecule has 1 heterocycles. The molecule has 0 aliphatic rings. The van der Waals surface area contributed by atoms with Crippen molar-refractivity contribution in [3.63, 3.8) is 0 Å². The lowest BCUT2D eigenvalue weighted by Gasteiger charge is -2.04. The lowest BCUT2D eigenvalue weighted by Crippen LogP contribution is -2.11. The highest BCUT2D eigenvalue weighted by atomic mass is 32.2. The Hall–Kier alpha value is -3.09. The summed E-state index contributed by atoms with van der Waals surface area (Å²) in [7, 11) is 1.66. The predicted molar refractivity (Wildman–Crippen MR) is 135 cm³/mol. The second-order valence-corrected chi connectivity index (χ2v) is 9.18. The Bertz CT molecular complexity index is 1140. The van der Waals surface area contributed by atoms with Crippen LogP contribution in [0.5, 0.6) is 5.75 Å². The maximum atomic E-state index is 12.3. The number of carbonyl (C=O) groups excluding carboxylic acids is 1. The van der Waals surface area contributed by atoms with Gasteiger partial charge in [-0.25, -0.2) is 4.98 Å². The fourth-order valence-corrected chi connectivity index (χ4v) is 4.79. The number of ether oxygens (including phenoxy) is 1. The minimum Gasteiger partial charge on any atom is -0.497 e. The lowest BCUT2D eigenvalue weighted by molar-refractivity contribution is -0.116. The zero-order valence-corrected chi connectivity index (χ0v) is 19.4. The normalized spacial score (nSPS) is 10.7. The first-order chi connectivity index (χ1) is 15.7. The van der Waals surface area contributed by atoms with Crippen LogP contribution in [-0.2, 0) is 4.79 Å². The molecule has 4 rings (SSSR count). The molecule has 0 atom stereocenters. The van der Waals surface area contributed by atoms with Crippen LogP contribution in [0.2, 0.25) is 0 Å². The van der Waals surface area contributed by atoms with Crippen molar-refractivity contribution in [2.75, 3.05) is 18.2 Å². The van der Waals surface area contributed by atoms with E-state index in [-0.39, 0.29) is 5.91 Å².